The molecule has 124 valence electrons. The molecule has 0 aliphatic rings. The molecule has 0 amide bonds. The van der Waals surface area contributed by atoms with E-state index in [4.69, 9.17) is 14.6 Å². The molecule has 0 aromatic heterocycles. The number of benzene rings is 1. The van der Waals surface area contributed by atoms with E-state index in [1.54, 1.807) is 31.2 Å². The van der Waals surface area contributed by atoms with Crippen molar-refractivity contribution in [2.75, 3.05) is 14.2 Å². The number of carbonyl (C=O) groups excluding carboxylic acids is 1. The Kier molecular flexibility index (Phi) is 6.58. The number of aliphatic carboxylic acids is 1. The topological polar surface area (TPSA) is 96.6 Å². The van der Waals surface area contributed by atoms with Gasteiger partial charge in [0.25, 0.3) is 0 Å². The van der Waals surface area contributed by atoms with Crippen LogP contribution in [0.3, 0.4) is 0 Å². The summed E-state index contributed by atoms with van der Waals surface area (Å²) in [5.41, 5.74) is -0.407. The van der Waals surface area contributed by atoms with Crippen LogP contribution in [0, 0.1) is 17.2 Å². The van der Waals surface area contributed by atoms with Gasteiger partial charge in [0.05, 0.1) is 31.6 Å². The zero-order chi connectivity index (χ0) is 17.5. The summed E-state index contributed by atoms with van der Waals surface area (Å²) in [6.45, 7) is 1.67. The van der Waals surface area contributed by atoms with Crippen LogP contribution in [0.15, 0.2) is 24.3 Å². The van der Waals surface area contributed by atoms with Gasteiger partial charge in [-0.25, -0.2) is 0 Å². The largest absolute Gasteiger partial charge is 0.497 e. The first-order valence-electron chi connectivity index (χ1n) is 7.24. The van der Waals surface area contributed by atoms with E-state index in [2.05, 4.69) is 6.07 Å². The smallest absolute Gasteiger partial charge is 0.308 e. The first-order chi connectivity index (χ1) is 10.9. The third-order valence-electron chi connectivity index (χ3n) is 3.88. The van der Waals surface area contributed by atoms with Crippen LogP contribution in [0.1, 0.15) is 31.7 Å². The van der Waals surface area contributed by atoms with E-state index >= 15 is 0 Å². The second kappa shape index (κ2) is 8.18. The number of methoxy groups -OCH3 is 2. The fourth-order valence-electron chi connectivity index (χ4n) is 2.57. The van der Waals surface area contributed by atoms with Crippen molar-refractivity contribution in [2.45, 2.75) is 31.6 Å². The second-order valence-electron chi connectivity index (χ2n) is 5.44. The van der Waals surface area contributed by atoms with E-state index < -0.39 is 23.3 Å². The van der Waals surface area contributed by atoms with Crippen molar-refractivity contribution in [2.24, 2.45) is 5.92 Å². The van der Waals surface area contributed by atoms with Crippen LogP contribution >= 0.6 is 0 Å². The monoisotopic (exact) mass is 319 g/mol. The molecule has 0 heterocycles. The molecule has 6 heteroatoms. The Bertz CT molecular complexity index is 590. The SMILES string of the molecule is COC(=O)C(C)CC(C#N)(CCC(=O)O)c1ccc(OC)cc1. The lowest BCUT2D eigenvalue weighted by molar-refractivity contribution is -0.145. The third-order valence-corrected chi connectivity index (χ3v) is 3.88. The van der Waals surface area contributed by atoms with Gasteiger partial charge in [-0.05, 0) is 30.5 Å². The summed E-state index contributed by atoms with van der Waals surface area (Å²) in [7, 11) is 2.83. The van der Waals surface area contributed by atoms with Crippen LogP contribution in [-0.2, 0) is 19.7 Å². The molecule has 0 fully saturated rings. The summed E-state index contributed by atoms with van der Waals surface area (Å²) in [6.07, 6.45) is 0.149. The van der Waals surface area contributed by atoms with E-state index in [9.17, 15) is 14.9 Å². The highest BCUT2D eigenvalue weighted by atomic mass is 16.5. The van der Waals surface area contributed by atoms with E-state index in [1.807, 2.05) is 0 Å². The molecular weight excluding hydrogens is 298 g/mol. The molecule has 0 saturated carbocycles. The first kappa shape index (κ1) is 18.5. The molecular formula is C17H21NO5. The van der Waals surface area contributed by atoms with E-state index in [1.165, 1.54) is 14.2 Å². The first-order valence-corrected chi connectivity index (χ1v) is 7.24. The van der Waals surface area contributed by atoms with Crippen LogP contribution < -0.4 is 4.74 Å². The Balaban J connectivity index is 3.18. The summed E-state index contributed by atoms with van der Waals surface area (Å²) in [5, 5.41) is 18.7. The number of nitrogens with zero attached hydrogens (tertiary/aromatic N) is 1. The van der Waals surface area contributed by atoms with Crippen LogP contribution in [0.5, 0.6) is 5.75 Å². The van der Waals surface area contributed by atoms with Gasteiger partial charge in [0.2, 0.25) is 0 Å². The molecule has 1 aromatic carbocycles. The van der Waals surface area contributed by atoms with Crippen molar-refractivity contribution < 1.29 is 24.2 Å². The Labute approximate surface area is 135 Å². The van der Waals surface area contributed by atoms with Gasteiger partial charge in [0, 0.05) is 6.42 Å². The highest BCUT2D eigenvalue weighted by Crippen LogP contribution is 2.36. The van der Waals surface area contributed by atoms with Crippen molar-refractivity contribution >= 4 is 11.9 Å². The highest BCUT2D eigenvalue weighted by molar-refractivity contribution is 5.72. The number of carbonyl (C=O) groups is 2. The summed E-state index contributed by atoms with van der Waals surface area (Å²) in [4.78, 5) is 22.7. The summed E-state index contributed by atoms with van der Waals surface area (Å²) < 4.78 is 9.81. The number of nitriles is 1. The van der Waals surface area contributed by atoms with Gasteiger partial charge in [-0.2, -0.15) is 5.26 Å². The van der Waals surface area contributed by atoms with E-state index in [-0.39, 0.29) is 19.3 Å². The van der Waals surface area contributed by atoms with Crippen LogP contribution in [-0.4, -0.2) is 31.3 Å². The standard InChI is InChI=1S/C17H21NO5/c1-12(16(21)23-3)10-17(11-18,9-8-15(19)20)13-4-6-14(22-2)7-5-13/h4-7,12H,8-10H2,1-3H3,(H,19,20). The Hall–Kier alpha value is -2.55. The van der Waals surface area contributed by atoms with Crippen molar-refractivity contribution in [3.8, 4) is 11.8 Å². The van der Waals surface area contributed by atoms with E-state index in [0.717, 1.165) is 0 Å². The molecule has 6 nitrogen and oxygen atoms in total. The van der Waals surface area contributed by atoms with Gasteiger partial charge in [-0.3, -0.25) is 9.59 Å². The molecule has 2 unspecified atom stereocenters. The summed E-state index contributed by atoms with van der Waals surface area (Å²) in [6, 6.07) is 9.11. The average molecular weight is 319 g/mol. The molecule has 1 N–H and O–H groups in total. The number of hydrogen-bond acceptors (Lipinski definition) is 5. The zero-order valence-electron chi connectivity index (χ0n) is 13.5. The minimum Gasteiger partial charge on any atom is -0.497 e. The normalized spacial score (nSPS) is 14.2. The molecule has 2 atom stereocenters. The van der Waals surface area contributed by atoms with Crippen molar-refractivity contribution in [3.63, 3.8) is 0 Å². The Morgan fingerprint density at radius 3 is 2.35 bits per heavy atom. The summed E-state index contributed by atoms with van der Waals surface area (Å²) >= 11 is 0. The zero-order valence-corrected chi connectivity index (χ0v) is 13.5. The van der Waals surface area contributed by atoms with Crippen molar-refractivity contribution in [1.82, 2.24) is 0 Å². The predicted octanol–water partition coefficient (Wildman–Crippen LogP) is 2.52. The second-order valence-corrected chi connectivity index (χ2v) is 5.44. The van der Waals surface area contributed by atoms with Gasteiger partial charge in [0.1, 0.15) is 5.75 Å². The van der Waals surface area contributed by atoms with Gasteiger partial charge in [-0.1, -0.05) is 19.1 Å². The molecule has 0 saturated heterocycles. The lowest BCUT2D eigenvalue weighted by atomic mass is 9.72. The minimum atomic E-state index is -1.07. The number of carboxylic acids is 1. The van der Waals surface area contributed by atoms with Crippen LogP contribution in [0.2, 0.25) is 0 Å². The lowest BCUT2D eigenvalue weighted by Crippen LogP contribution is -2.30. The maximum absolute atomic E-state index is 11.7. The van der Waals surface area contributed by atoms with Gasteiger partial charge in [0.15, 0.2) is 0 Å². The maximum Gasteiger partial charge on any atom is 0.308 e. The molecule has 23 heavy (non-hydrogen) atoms. The fraction of sp³-hybridized carbons (Fsp3) is 0.471. The molecule has 1 aromatic rings. The number of hydrogen-bond donors (Lipinski definition) is 1. The van der Waals surface area contributed by atoms with Gasteiger partial charge in [-0.15, -0.1) is 0 Å². The van der Waals surface area contributed by atoms with Gasteiger partial charge >= 0.3 is 11.9 Å². The molecule has 1 rings (SSSR count). The molecule has 0 bridgehead atoms. The van der Waals surface area contributed by atoms with Crippen molar-refractivity contribution in [3.05, 3.63) is 29.8 Å². The Morgan fingerprint density at radius 1 is 1.30 bits per heavy atom. The quantitative estimate of drug-likeness (QED) is 0.740. The van der Waals surface area contributed by atoms with Crippen LogP contribution in [0.25, 0.3) is 0 Å². The fourth-order valence-corrected chi connectivity index (χ4v) is 2.57. The number of esters is 1. The minimum absolute atomic E-state index is 0.118. The third kappa shape index (κ3) is 4.71. The highest BCUT2D eigenvalue weighted by Gasteiger charge is 2.36. The summed E-state index contributed by atoms with van der Waals surface area (Å²) in [5.74, 6) is -1.28. The van der Waals surface area contributed by atoms with E-state index in [0.29, 0.717) is 11.3 Å². The lowest BCUT2D eigenvalue weighted by Gasteiger charge is -2.29. The number of carboxylic acid groups (broad SMARTS) is 1. The molecule has 0 radical (unpaired) electrons. The molecule has 0 aliphatic carbocycles. The Morgan fingerprint density at radius 2 is 1.91 bits per heavy atom. The average Bonchev–Trinajstić information content (AvgIpc) is 2.57. The molecule has 0 spiro atoms. The van der Waals surface area contributed by atoms with Crippen molar-refractivity contribution in [1.29, 1.82) is 5.26 Å². The number of rotatable bonds is 8. The maximum atomic E-state index is 11.7. The van der Waals surface area contributed by atoms with Gasteiger partial charge < -0.3 is 14.6 Å². The predicted molar refractivity (Wildman–Crippen MR) is 83.0 cm³/mol. The molecule has 0 aliphatic heterocycles. The number of ether oxygens (including phenoxy) is 2. The van der Waals surface area contributed by atoms with Crippen LogP contribution in [0.4, 0.5) is 0 Å².